The van der Waals surface area contributed by atoms with Gasteiger partial charge in [-0.3, -0.25) is 48.1 Å². The maximum absolute atomic E-state index is 15.3. The van der Waals surface area contributed by atoms with Crippen molar-refractivity contribution in [1.29, 1.82) is 0 Å². The van der Waals surface area contributed by atoms with Crippen LogP contribution in [-0.4, -0.2) is 165 Å². The number of guanidine groups is 1. The normalized spacial score (nSPS) is 21.4. The third kappa shape index (κ3) is 17.4. The molecule has 5 rings (SSSR count). The van der Waals surface area contributed by atoms with Gasteiger partial charge in [-0.2, -0.15) is 0 Å². The number of rotatable bonds is 17. The van der Waals surface area contributed by atoms with Crippen LogP contribution in [0.3, 0.4) is 0 Å². The number of H-pyrrole nitrogens is 2. The Balaban J connectivity index is 1.62. The van der Waals surface area contributed by atoms with Gasteiger partial charge in [0.1, 0.15) is 42.3 Å². The number of carbonyl (C=O) groups excluding carboxylic acids is 9. The SMILES string of the molecule is CCCC[C@H](NC(C)=O)C(=O)N[C@H]1CC(=O)NCCCC[C@@H](C(N)=O)NC(=O)[C@H](Cc2c[nH]c3ccccc23)N(C)C(=O)[C@H](CCCN=C(N)N)N(C)C(=O)[C@@H](Cc2ccccc2)NC(=O)[C@H](Cc2cnc[nH]2)N(C)C1=O. The largest absolute Gasteiger partial charge is 0.370 e. The predicted molar refractivity (Wildman–Crippen MR) is 288 cm³/mol. The number of carbonyl (C=O) groups is 9. The summed E-state index contributed by atoms with van der Waals surface area (Å²) >= 11 is 0. The van der Waals surface area contributed by atoms with E-state index < -0.39 is 102 Å². The lowest BCUT2D eigenvalue weighted by Crippen LogP contribution is -2.61. The summed E-state index contributed by atoms with van der Waals surface area (Å²) in [5, 5.41) is 14.5. The van der Waals surface area contributed by atoms with Crippen molar-refractivity contribution >= 4 is 70.0 Å². The van der Waals surface area contributed by atoms with Crippen LogP contribution in [0.25, 0.3) is 10.9 Å². The van der Waals surface area contributed by atoms with Crippen LogP contribution >= 0.6 is 0 Å². The highest BCUT2D eigenvalue weighted by Crippen LogP contribution is 2.23. The average Bonchev–Trinajstić information content (AvgIpc) is 4.09. The first-order valence-electron chi connectivity index (χ1n) is 25.9. The highest BCUT2D eigenvalue weighted by atomic mass is 16.2. The average molecular weight is 1070 g/mol. The first kappa shape index (κ1) is 59.6. The smallest absolute Gasteiger partial charge is 0.246 e. The van der Waals surface area contributed by atoms with E-state index in [0.717, 1.165) is 15.8 Å². The molecule has 2 aromatic carbocycles. The van der Waals surface area contributed by atoms with Crippen LogP contribution in [0.15, 0.2) is 78.3 Å². The third-order valence-corrected chi connectivity index (χ3v) is 13.7. The van der Waals surface area contributed by atoms with Crippen molar-refractivity contribution in [3.63, 3.8) is 0 Å². The summed E-state index contributed by atoms with van der Waals surface area (Å²) in [6.45, 7) is 3.29. The Morgan fingerprint density at radius 2 is 1.47 bits per heavy atom. The molecule has 0 aliphatic carbocycles. The minimum atomic E-state index is -1.56. The fraction of sp³-hybridized carbons (Fsp3) is 0.491. The van der Waals surface area contributed by atoms with Gasteiger partial charge in [0.25, 0.3) is 0 Å². The molecule has 1 aliphatic heterocycles. The van der Waals surface area contributed by atoms with E-state index in [1.807, 2.05) is 31.2 Å². The molecule has 9 amide bonds. The van der Waals surface area contributed by atoms with Crippen LogP contribution in [-0.2, 0) is 62.4 Å². The van der Waals surface area contributed by atoms with Crippen molar-refractivity contribution in [3.8, 4) is 0 Å². The number of aromatic amines is 2. The zero-order valence-corrected chi connectivity index (χ0v) is 44.5. The zero-order chi connectivity index (χ0) is 56.2. The Kier molecular flexibility index (Phi) is 22.5. The number of primary amides is 1. The van der Waals surface area contributed by atoms with Crippen molar-refractivity contribution in [2.75, 3.05) is 34.2 Å². The molecule has 416 valence electrons. The molecule has 1 aliphatic rings. The first-order valence-corrected chi connectivity index (χ1v) is 25.9. The Labute approximate surface area is 447 Å². The van der Waals surface area contributed by atoms with E-state index >= 15 is 14.4 Å². The topological polar surface area (TPSA) is 358 Å². The maximum atomic E-state index is 15.3. The Morgan fingerprint density at radius 1 is 0.792 bits per heavy atom. The van der Waals surface area contributed by atoms with Gasteiger partial charge in [0.05, 0.1) is 12.7 Å². The molecule has 0 saturated carbocycles. The first-order chi connectivity index (χ1) is 36.8. The molecule has 1 fully saturated rings. The molecule has 0 bridgehead atoms. The van der Waals surface area contributed by atoms with Gasteiger partial charge in [-0.15, -0.1) is 0 Å². The molecule has 4 aromatic rings. The monoisotopic (exact) mass is 1070 g/mol. The summed E-state index contributed by atoms with van der Waals surface area (Å²) in [5.74, 6) is -6.62. The molecule has 77 heavy (non-hydrogen) atoms. The van der Waals surface area contributed by atoms with Crippen LogP contribution in [0.1, 0.15) is 88.5 Å². The van der Waals surface area contributed by atoms with Crippen molar-refractivity contribution in [2.45, 2.75) is 133 Å². The summed E-state index contributed by atoms with van der Waals surface area (Å²) in [4.78, 5) is 146. The zero-order valence-electron chi connectivity index (χ0n) is 44.5. The molecule has 7 atom stereocenters. The van der Waals surface area contributed by atoms with Gasteiger partial charge in [0.2, 0.25) is 53.2 Å². The second-order valence-electron chi connectivity index (χ2n) is 19.4. The molecule has 0 radical (unpaired) electrons. The quantitative estimate of drug-likeness (QED) is 0.0373. The van der Waals surface area contributed by atoms with Crippen LogP contribution in [0, 0.1) is 0 Å². The summed E-state index contributed by atoms with van der Waals surface area (Å²) in [6.07, 6.45) is 5.97. The van der Waals surface area contributed by atoms with Gasteiger partial charge in [-0.1, -0.05) is 68.3 Å². The number of para-hydroxylation sites is 1. The number of hydrogen-bond acceptors (Lipinski definition) is 11. The van der Waals surface area contributed by atoms with Crippen LogP contribution in [0.5, 0.6) is 0 Å². The van der Waals surface area contributed by atoms with Crippen molar-refractivity contribution in [1.82, 2.24) is 56.2 Å². The van der Waals surface area contributed by atoms with Gasteiger partial charge < -0.3 is 68.5 Å². The second kappa shape index (κ2) is 29.1. The van der Waals surface area contributed by atoms with E-state index in [9.17, 15) is 28.8 Å². The summed E-state index contributed by atoms with van der Waals surface area (Å²) in [5.41, 5.74) is 19.7. The third-order valence-electron chi connectivity index (χ3n) is 13.7. The van der Waals surface area contributed by atoms with E-state index in [4.69, 9.17) is 17.2 Å². The van der Waals surface area contributed by atoms with Gasteiger partial charge in [0.15, 0.2) is 5.96 Å². The van der Waals surface area contributed by atoms with Gasteiger partial charge >= 0.3 is 0 Å². The predicted octanol–water partition coefficient (Wildman–Crippen LogP) is -0.222. The maximum Gasteiger partial charge on any atom is 0.246 e. The minimum Gasteiger partial charge on any atom is -0.370 e. The number of aliphatic imine (C=N–C) groups is 1. The number of imidazole rings is 1. The molecular formula is C53H75N15O9. The number of amides is 9. The molecular weight excluding hydrogens is 991 g/mol. The van der Waals surface area contributed by atoms with Gasteiger partial charge in [0, 0.05) is 89.4 Å². The second-order valence-corrected chi connectivity index (χ2v) is 19.4. The molecule has 13 N–H and O–H groups in total. The fourth-order valence-electron chi connectivity index (χ4n) is 9.31. The minimum absolute atomic E-state index is 0.0136. The highest BCUT2D eigenvalue weighted by Gasteiger charge is 2.40. The standard InChI is InChI=1S/C53H75N15O9/c1-6-7-19-39(62-32(2)69)47(72)64-41-28-45(70)58-23-14-13-21-38(46(54)71)63-48(73)43(26-34-29-60-37-20-12-11-18-36(34)37)68(5)52(77)42(22-15-24-59-53(55)56)66(3)50(75)40(25-33-16-9-8-10-17-33)65-49(74)44(67(4)51(41)76)27-35-30-57-31-61-35/h8-12,16-18,20,29-31,38-44,60H,6-7,13-15,19,21-28H2,1-5H3,(H2,54,71)(H,57,61)(H,58,70)(H,62,69)(H,63,73)(H,64,72)(H,65,74)(H4,55,56,59)/t38-,39-,40+,41-,42-,43-,44-/m0/s1. The van der Waals surface area contributed by atoms with Gasteiger partial charge in [-0.05, 0) is 55.7 Å². The Hall–Kier alpha value is -8.31. The number of unbranched alkanes of at least 4 members (excludes halogenated alkanes) is 1. The summed E-state index contributed by atoms with van der Waals surface area (Å²) in [6, 6.07) is 7.06. The number of aromatic nitrogens is 3. The number of nitrogens with zero attached hydrogens (tertiary/aromatic N) is 5. The molecule has 0 spiro atoms. The summed E-state index contributed by atoms with van der Waals surface area (Å²) in [7, 11) is 4.18. The lowest BCUT2D eigenvalue weighted by molar-refractivity contribution is -0.149. The number of benzene rings is 2. The van der Waals surface area contributed by atoms with E-state index in [1.54, 1.807) is 36.5 Å². The lowest BCUT2D eigenvalue weighted by atomic mass is 9.99. The van der Waals surface area contributed by atoms with Crippen molar-refractivity contribution in [2.24, 2.45) is 22.2 Å². The van der Waals surface area contributed by atoms with Gasteiger partial charge in [-0.25, -0.2) is 4.98 Å². The van der Waals surface area contributed by atoms with Crippen LogP contribution in [0.2, 0.25) is 0 Å². The number of fused-ring (bicyclic) bond motifs is 1. The molecule has 24 nitrogen and oxygen atoms in total. The number of likely N-dealkylation sites (N-methyl/N-ethyl adjacent to an activating group) is 3. The van der Waals surface area contributed by atoms with Crippen molar-refractivity contribution in [3.05, 3.63) is 90.1 Å². The summed E-state index contributed by atoms with van der Waals surface area (Å²) < 4.78 is 0. The van der Waals surface area contributed by atoms with E-state index in [0.29, 0.717) is 29.7 Å². The Morgan fingerprint density at radius 3 is 2.14 bits per heavy atom. The van der Waals surface area contributed by atoms with Crippen LogP contribution in [0.4, 0.5) is 0 Å². The molecule has 0 unspecified atom stereocenters. The molecule has 1 saturated heterocycles. The fourth-order valence-corrected chi connectivity index (χ4v) is 9.31. The molecule has 24 heteroatoms. The van der Waals surface area contributed by atoms with E-state index in [1.165, 1.54) is 50.4 Å². The van der Waals surface area contributed by atoms with E-state index in [2.05, 4.69) is 46.5 Å². The highest BCUT2D eigenvalue weighted by molar-refractivity contribution is 5.99. The van der Waals surface area contributed by atoms with Crippen molar-refractivity contribution < 1.29 is 43.2 Å². The number of hydrogen-bond donors (Lipinski definition) is 10. The molecule has 2 aromatic heterocycles. The molecule has 3 heterocycles. The van der Waals surface area contributed by atoms with E-state index in [-0.39, 0.29) is 76.8 Å². The van der Waals surface area contributed by atoms with Crippen LogP contribution < -0.4 is 43.8 Å². The number of nitrogens with two attached hydrogens (primary N) is 3. The lowest BCUT2D eigenvalue weighted by Gasteiger charge is -2.37. The number of nitrogens with one attached hydrogen (secondary N) is 7. The Bertz CT molecular complexity index is 2690.